The van der Waals surface area contributed by atoms with Crippen LogP contribution < -0.4 is 0 Å². The molecule has 2 N–H and O–H groups in total. The Balaban J connectivity index is 0.995. The molecule has 4 aliphatic carbocycles. The van der Waals surface area contributed by atoms with E-state index in [2.05, 4.69) is 24.3 Å². The molecule has 4 aliphatic rings. The van der Waals surface area contributed by atoms with Gasteiger partial charge in [-0.2, -0.15) is 0 Å². The zero-order chi connectivity index (χ0) is 31.6. The molecule has 46 heavy (non-hydrogen) atoms. The van der Waals surface area contributed by atoms with Gasteiger partial charge in [0, 0.05) is 0 Å². The molecule has 4 saturated carbocycles. The molecular weight excluding hydrogens is 560 g/mol. The molecule has 0 atom stereocenters. The molecule has 2 aromatic rings. The molecule has 0 aromatic heterocycles. The number of unbranched alkanes of at least 4 members (excludes halogenated alkanes) is 5. The second-order valence-corrected chi connectivity index (χ2v) is 16.2. The molecule has 0 heterocycles. The van der Waals surface area contributed by atoms with Gasteiger partial charge in [-0.05, 0) is 134 Å². The van der Waals surface area contributed by atoms with Crippen LogP contribution in [0.15, 0.2) is 24.3 Å². The van der Waals surface area contributed by atoms with Crippen LogP contribution in [0, 0.1) is 0 Å². The summed E-state index contributed by atoms with van der Waals surface area (Å²) in [6, 6.07) is 9.66. The number of aryl methyl sites for hydroxylation is 2. The Bertz CT molecular complexity index is 1030. The van der Waals surface area contributed by atoms with Gasteiger partial charge in [0.15, 0.2) is 0 Å². The van der Waals surface area contributed by atoms with E-state index in [1.54, 1.807) is 0 Å². The van der Waals surface area contributed by atoms with E-state index in [4.69, 9.17) is 0 Å². The lowest BCUT2D eigenvalue weighted by Gasteiger charge is -2.28. The minimum Gasteiger partial charge on any atom is -0.507 e. The molecule has 0 aliphatic heterocycles. The Morgan fingerprint density at radius 2 is 0.587 bits per heavy atom. The summed E-state index contributed by atoms with van der Waals surface area (Å²) >= 11 is 0. The highest BCUT2D eigenvalue weighted by Gasteiger charge is 2.27. The molecule has 2 heteroatoms. The second kappa shape index (κ2) is 17.4. The van der Waals surface area contributed by atoms with Crippen molar-refractivity contribution < 1.29 is 10.2 Å². The van der Waals surface area contributed by atoms with Crippen LogP contribution in [0.2, 0.25) is 0 Å². The number of aromatic hydroxyl groups is 2. The van der Waals surface area contributed by atoms with Crippen LogP contribution in [0.3, 0.4) is 0 Å². The Morgan fingerprint density at radius 3 is 0.848 bits per heavy atom. The fraction of sp³-hybridized carbons (Fsp3) is 0.727. The minimum atomic E-state index is 0.571. The van der Waals surface area contributed by atoms with Crippen LogP contribution >= 0.6 is 0 Å². The highest BCUT2D eigenvalue weighted by Crippen LogP contribution is 2.46. The van der Waals surface area contributed by atoms with Crippen molar-refractivity contribution in [3.8, 4) is 11.5 Å². The van der Waals surface area contributed by atoms with Gasteiger partial charge in [-0.3, -0.25) is 0 Å². The predicted molar refractivity (Wildman–Crippen MR) is 195 cm³/mol. The van der Waals surface area contributed by atoms with Crippen molar-refractivity contribution in [2.24, 2.45) is 0 Å². The molecule has 0 bridgehead atoms. The van der Waals surface area contributed by atoms with Crippen molar-refractivity contribution in [1.82, 2.24) is 0 Å². The molecule has 2 nitrogen and oxygen atoms in total. The first-order valence-corrected chi connectivity index (χ1v) is 20.4. The maximum Gasteiger partial charge on any atom is 0.122 e. The van der Waals surface area contributed by atoms with E-state index >= 15 is 0 Å². The van der Waals surface area contributed by atoms with Crippen molar-refractivity contribution in [1.29, 1.82) is 0 Å². The summed E-state index contributed by atoms with van der Waals surface area (Å²) in [7, 11) is 0. The normalized spacial score (nSPS) is 21.1. The average molecular weight is 627 g/mol. The first-order chi connectivity index (χ1) is 22.7. The highest BCUT2D eigenvalue weighted by molar-refractivity contribution is 5.49. The number of hydrogen-bond acceptors (Lipinski definition) is 2. The minimum absolute atomic E-state index is 0.571. The van der Waals surface area contributed by atoms with Gasteiger partial charge in [0.25, 0.3) is 0 Å². The summed E-state index contributed by atoms with van der Waals surface area (Å²) < 4.78 is 0. The van der Waals surface area contributed by atoms with Gasteiger partial charge in [-0.1, -0.05) is 127 Å². The van der Waals surface area contributed by atoms with Crippen LogP contribution in [0.25, 0.3) is 0 Å². The van der Waals surface area contributed by atoms with Crippen LogP contribution in [0.5, 0.6) is 11.5 Å². The highest BCUT2D eigenvalue weighted by atomic mass is 16.3. The number of benzene rings is 2. The Labute approximate surface area is 282 Å². The summed E-state index contributed by atoms with van der Waals surface area (Å²) in [5.41, 5.74) is 8.17. The maximum atomic E-state index is 11.5. The molecule has 0 unspecified atom stereocenters. The van der Waals surface area contributed by atoms with Gasteiger partial charge < -0.3 is 10.2 Å². The van der Waals surface area contributed by atoms with Gasteiger partial charge in [0.1, 0.15) is 11.5 Å². The summed E-state index contributed by atoms with van der Waals surface area (Å²) in [5, 5.41) is 22.9. The standard InChI is InChI=1S/C44H66O2/c45-43-39(35-21-11-5-12-22-35)29-33(30-40(43)36-23-13-6-14-24-36)19-9-3-1-2-4-10-20-34-31-41(37-25-15-7-16-26-37)44(46)42(32-34)38-27-17-8-18-28-38/h29-32,35-38,45-46H,1-28H2. The summed E-state index contributed by atoms with van der Waals surface area (Å²) in [6.45, 7) is 0. The number of hydrogen-bond donors (Lipinski definition) is 2. The van der Waals surface area contributed by atoms with Crippen LogP contribution in [0.4, 0.5) is 0 Å². The van der Waals surface area contributed by atoms with Crippen molar-refractivity contribution in [3.63, 3.8) is 0 Å². The third-order valence-electron chi connectivity index (χ3n) is 12.8. The van der Waals surface area contributed by atoms with Crippen molar-refractivity contribution in [3.05, 3.63) is 57.6 Å². The van der Waals surface area contributed by atoms with Gasteiger partial charge in [-0.25, -0.2) is 0 Å². The molecule has 0 amide bonds. The molecule has 2 aromatic carbocycles. The fourth-order valence-corrected chi connectivity index (χ4v) is 10.0. The Hall–Kier alpha value is -1.96. The first-order valence-electron chi connectivity index (χ1n) is 20.4. The van der Waals surface area contributed by atoms with E-state index in [1.807, 2.05) is 0 Å². The Kier molecular flexibility index (Phi) is 12.9. The van der Waals surface area contributed by atoms with Gasteiger partial charge in [0.2, 0.25) is 0 Å². The van der Waals surface area contributed by atoms with Crippen molar-refractivity contribution >= 4 is 0 Å². The van der Waals surface area contributed by atoms with Crippen molar-refractivity contribution in [2.75, 3.05) is 0 Å². The molecule has 0 saturated heterocycles. The lowest BCUT2D eigenvalue weighted by atomic mass is 9.78. The predicted octanol–water partition coefficient (Wildman–Crippen LogP) is 13.4. The molecule has 0 radical (unpaired) electrons. The third kappa shape index (κ3) is 8.93. The van der Waals surface area contributed by atoms with E-state index in [0.29, 0.717) is 35.2 Å². The van der Waals surface area contributed by atoms with E-state index in [0.717, 1.165) is 0 Å². The van der Waals surface area contributed by atoms with E-state index in [1.165, 1.54) is 213 Å². The van der Waals surface area contributed by atoms with Crippen molar-refractivity contribution in [2.45, 2.75) is 203 Å². The first kappa shape index (κ1) is 33.9. The fourth-order valence-electron chi connectivity index (χ4n) is 10.0. The van der Waals surface area contributed by atoms with E-state index < -0.39 is 0 Å². The molecule has 6 rings (SSSR count). The van der Waals surface area contributed by atoms with Gasteiger partial charge >= 0.3 is 0 Å². The van der Waals surface area contributed by atoms with Gasteiger partial charge in [0.05, 0.1) is 0 Å². The van der Waals surface area contributed by atoms with Crippen LogP contribution in [-0.2, 0) is 12.8 Å². The molecular formula is C44H66O2. The summed E-state index contributed by atoms with van der Waals surface area (Å²) in [6.07, 6.45) is 36.3. The molecule has 0 spiro atoms. The lowest BCUT2D eigenvalue weighted by molar-refractivity contribution is 0.392. The molecule has 4 fully saturated rings. The maximum absolute atomic E-state index is 11.5. The second-order valence-electron chi connectivity index (χ2n) is 16.2. The van der Waals surface area contributed by atoms with Crippen LogP contribution in [0.1, 0.15) is 224 Å². The monoisotopic (exact) mass is 627 g/mol. The topological polar surface area (TPSA) is 40.5 Å². The SMILES string of the molecule is Oc1c(C2CCCCC2)cc(CCCCCCCCc2cc(C3CCCCC3)c(O)c(C3CCCCC3)c2)cc1C1CCCCC1. The summed E-state index contributed by atoms with van der Waals surface area (Å²) in [4.78, 5) is 0. The zero-order valence-corrected chi connectivity index (χ0v) is 29.3. The zero-order valence-electron chi connectivity index (χ0n) is 29.3. The number of phenolic OH excluding ortho intramolecular Hbond substituents is 2. The molecule has 254 valence electrons. The number of phenols is 2. The summed E-state index contributed by atoms with van der Waals surface area (Å²) in [5.74, 6) is 3.63. The quantitative estimate of drug-likeness (QED) is 0.217. The largest absolute Gasteiger partial charge is 0.507 e. The number of rotatable bonds is 13. The van der Waals surface area contributed by atoms with E-state index in [-0.39, 0.29) is 0 Å². The third-order valence-corrected chi connectivity index (χ3v) is 12.8. The van der Waals surface area contributed by atoms with Crippen LogP contribution in [-0.4, -0.2) is 10.2 Å². The lowest BCUT2D eigenvalue weighted by Crippen LogP contribution is -2.10. The Morgan fingerprint density at radius 1 is 0.348 bits per heavy atom. The van der Waals surface area contributed by atoms with E-state index in [9.17, 15) is 10.2 Å². The average Bonchev–Trinajstić information content (AvgIpc) is 3.12. The smallest absolute Gasteiger partial charge is 0.122 e. The van der Waals surface area contributed by atoms with Gasteiger partial charge in [-0.15, -0.1) is 0 Å².